The van der Waals surface area contributed by atoms with Gasteiger partial charge in [-0.3, -0.25) is 9.10 Å². The zero-order valence-corrected chi connectivity index (χ0v) is 18.9. The van der Waals surface area contributed by atoms with Crippen LogP contribution in [0.15, 0.2) is 83.8 Å². The maximum Gasteiger partial charge on any atom is 0.264 e. The van der Waals surface area contributed by atoms with E-state index < -0.39 is 10.0 Å². The van der Waals surface area contributed by atoms with Gasteiger partial charge in [-0.2, -0.15) is 0 Å². The summed E-state index contributed by atoms with van der Waals surface area (Å²) in [6.07, 6.45) is 1.60. The van der Waals surface area contributed by atoms with E-state index in [4.69, 9.17) is 11.6 Å². The lowest BCUT2D eigenvalue weighted by molar-refractivity contribution is -0.119. The fourth-order valence-electron chi connectivity index (χ4n) is 3.22. The fourth-order valence-corrected chi connectivity index (χ4v) is 4.89. The van der Waals surface area contributed by atoms with Gasteiger partial charge in [0, 0.05) is 11.6 Å². The second-order valence-electron chi connectivity index (χ2n) is 7.19. The van der Waals surface area contributed by atoms with E-state index in [1.807, 2.05) is 30.3 Å². The summed E-state index contributed by atoms with van der Waals surface area (Å²) in [5, 5.41) is 3.23. The Morgan fingerprint density at radius 1 is 0.968 bits per heavy atom. The SMILES string of the molecule is Cc1ccc(Cl)cc1N(CC(=O)NCCCc1ccccc1)S(=O)(=O)c1ccccc1. The number of amides is 1. The fraction of sp³-hybridized carbons (Fsp3) is 0.208. The molecule has 0 saturated heterocycles. The second kappa shape index (κ2) is 10.5. The maximum absolute atomic E-state index is 13.3. The van der Waals surface area contributed by atoms with Crippen molar-refractivity contribution in [2.45, 2.75) is 24.7 Å². The molecule has 1 amide bonds. The van der Waals surface area contributed by atoms with Crippen molar-refractivity contribution >= 4 is 33.2 Å². The molecule has 1 N–H and O–H groups in total. The summed E-state index contributed by atoms with van der Waals surface area (Å²) in [6, 6.07) is 23.1. The first-order valence-corrected chi connectivity index (χ1v) is 11.8. The Balaban J connectivity index is 1.75. The van der Waals surface area contributed by atoms with Gasteiger partial charge in [0.05, 0.1) is 10.6 Å². The third kappa shape index (κ3) is 6.09. The largest absolute Gasteiger partial charge is 0.355 e. The molecule has 0 radical (unpaired) electrons. The lowest BCUT2D eigenvalue weighted by Crippen LogP contribution is -2.41. The van der Waals surface area contributed by atoms with Crippen LogP contribution in [-0.2, 0) is 21.2 Å². The Kier molecular flexibility index (Phi) is 7.71. The van der Waals surface area contributed by atoms with Crippen molar-refractivity contribution in [1.29, 1.82) is 0 Å². The quantitative estimate of drug-likeness (QED) is 0.479. The van der Waals surface area contributed by atoms with Crippen LogP contribution in [0.5, 0.6) is 0 Å². The van der Waals surface area contributed by atoms with Crippen molar-refractivity contribution < 1.29 is 13.2 Å². The topological polar surface area (TPSA) is 66.5 Å². The molecule has 0 aliphatic rings. The molecule has 5 nitrogen and oxygen atoms in total. The van der Waals surface area contributed by atoms with Crippen molar-refractivity contribution in [2.24, 2.45) is 0 Å². The van der Waals surface area contributed by atoms with E-state index in [0.29, 0.717) is 22.8 Å². The molecule has 7 heteroatoms. The summed E-state index contributed by atoms with van der Waals surface area (Å²) in [7, 11) is -3.95. The van der Waals surface area contributed by atoms with E-state index >= 15 is 0 Å². The van der Waals surface area contributed by atoms with Gasteiger partial charge >= 0.3 is 0 Å². The highest BCUT2D eigenvalue weighted by molar-refractivity contribution is 7.92. The summed E-state index contributed by atoms with van der Waals surface area (Å²) in [6.45, 7) is 1.92. The number of nitrogens with zero attached hydrogens (tertiary/aromatic N) is 1. The molecule has 0 bridgehead atoms. The first kappa shape index (κ1) is 22.8. The van der Waals surface area contributed by atoms with E-state index in [1.165, 1.54) is 17.7 Å². The van der Waals surface area contributed by atoms with Gasteiger partial charge in [0.2, 0.25) is 5.91 Å². The van der Waals surface area contributed by atoms with Crippen LogP contribution in [-0.4, -0.2) is 27.4 Å². The number of hydrogen-bond acceptors (Lipinski definition) is 3. The molecule has 0 heterocycles. The molecule has 0 aromatic heterocycles. The summed E-state index contributed by atoms with van der Waals surface area (Å²) < 4.78 is 27.8. The lowest BCUT2D eigenvalue weighted by atomic mass is 10.1. The van der Waals surface area contributed by atoms with Gasteiger partial charge in [-0.15, -0.1) is 0 Å². The molecule has 0 atom stereocenters. The zero-order chi connectivity index (χ0) is 22.3. The normalized spacial score (nSPS) is 11.2. The van der Waals surface area contributed by atoms with Gasteiger partial charge in [-0.25, -0.2) is 8.42 Å². The Labute approximate surface area is 188 Å². The minimum absolute atomic E-state index is 0.117. The van der Waals surface area contributed by atoms with Crippen LogP contribution in [0.25, 0.3) is 0 Å². The monoisotopic (exact) mass is 456 g/mol. The highest BCUT2D eigenvalue weighted by Gasteiger charge is 2.28. The van der Waals surface area contributed by atoms with Crippen molar-refractivity contribution in [3.05, 3.63) is 95.0 Å². The minimum atomic E-state index is -3.95. The number of carbonyl (C=O) groups excluding carboxylic acids is 1. The number of halogens is 1. The van der Waals surface area contributed by atoms with Crippen molar-refractivity contribution in [3.8, 4) is 0 Å². The molecule has 3 rings (SSSR count). The van der Waals surface area contributed by atoms with Gasteiger partial charge in [0.15, 0.2) is 0 Å². The van der Waals surface area contributed by atoms with Crippen LogP contribution in [0.2, 0.25) is 5.02 Å². The molecular formula is C24H25ClN2O3S. The third-order valence-electron chi connectivity index (χ3n) is 4.87. The van der Waals surface area contributed by atoms with Crippen molar-refractivity contribution in [1.82, 2.24) is 5.32 Å². The van der Waals surface area contributed by atoms with Crippen LogP contribution in [0.3, 0.4) is 0 Å². The van der Waals surface area contributed by atoms with E-state index in [2.05, 4.69) is 5.32 Å². The standard InChI is InChI=1S/C24H25ClN2O3S/c1-19-14-15-21(25)17-23(19)27(31(29,30)22-12-6-3-7-13-22)18-24(28)26-16-8-11-20-9-4-2-5-10-20/h2-7,9-10,12-15,17H,8,11,16,18H2,1H3,(H,26,28). The molecule has 0 spiro atoms. The molecule has 162 valence electrons. The van der Waals surface area contributed by atoms with E-state index in [9.17, 15) is 13.2 Å². The summed E-state index contributed by atoms with van der Waals surface area (Å²) in [4.78, 5) is 12.8. The third-order valence-corrected chi connectivity index (χ3v) is 6.87. The predicted molar refractivity (Wildman–Crippen MR) is 125 cm³/mol. The Bertz CT molecular complexity index is 1120. The number of sulfonamides is 1. The molecule has 3 aromatic rings. The summed E-state index contributed by atoms with van der Waals surface area (Å²) in [5.74, 6) is -0.369. The van der Waals surface area contributed by atoms with E-state index in [1.54, 1.807) is 43.3 Å². The summed E-state index contributed by atoms with van der Waals surface area (Å²) >= 11 is 6.13. The lowest BCUT2D eigenvalue weighted by Gasteiger charge is -2.26. The molecule has 3 aromatic carbocycles. The number of hydrogen-bond donors (Lipinski definition) is 1. The highest BCUT2D eigenvalue weighted by Crippen LogP contribution is 2.29. The van der Waals surface area contributed by atoms with Crippen molar-refractivity contribution in [3.63, 3.8) is 0 Å². The van der Waals surface area contributed by atoms with Gasteiger partial charge in [-0.1, -0.05) is 66.2 Å². The zero-order valence-electron chi connectivity index (χ0n) is 17.3. The van der Waals surface area contributed by atoms with Gasteiger partial charge in [0.25, 0.3) is 10.0 Å². The molecule has 0 saturated carbocycles. The molecule has 0 aliphatic heterocycles. The first-order valence-electron chi connectivity index (χ1n) is 10.0. The molecular weight excluding hydrogens is 432 g/mol. The van der Waals surface area contributed by atoms with Crippen molar-refractivity contribution in [2.75, 3.05) is 17.4 Å². The number of benzene rings is 3. The number of aryl methyl sites for hydroxylation is 2. The van der Waals surface area contributed by atoms with Crippen LogP contribution in [0.4, 0.5) is 5.69 Å². The van der Waals surface area contributed by atoms with Crippen LogP contribution >= 0.6 is 11.6 Å². The maximum atomic E-state index is 13.3. The average molecular weight is 457 g/mol. The Morgan fingerprint density at radius 3 is 2.29 bits per heavy atom. The minimum Gasteiger partial charge on any atom is -0.355 e. The second-order valence-corrected chi connectivity index (χ2v) is 9.49. The molecule has 0 unspecified atom stereocenters. The highest BCUT2D eigenvalue weighted by atomic mass is 35.5. The van der Waals surface area contributed by atoms with E-state index in [0.717, 1.165) is 17.1 Å². The van der Waals surface area contributed by atoms with Gasteiger partial charge < -0.3 is 5.32 Å². The number of rotatable bonds is 9. The van der Waals surface area contributed by atoms with Crippen LogP contribution < -0.4 is 9.62 Å². The summed E-state index contributed by atoms with van der Waals surface area (Å²) in [5.41, 5.74) is 2.29. The molecule has 0 aliphatic carbocycles. The number of anilines is 1. The average Bonchev–Trinajstić information content (AvgIpc) is 2.78. The van der Waals surface area contributed by atoms with Gasteiger partial charge in [-0.05, 0) is 55.2 Å². The van der Waals surface area contributed by atoms with Crippen LogP contribution in [0, 0.1) is 6.92 Å². The number of nitrogens with one attached hydrogen (secondary N) is 1. The Hall–Kier alpha value is -2.83. The predicted octanol–water partition coefficient (Wildman–Crippen LogP) is 4.59. The first-order chi connectivity index (χ1) is 14.9. The van der Waals surface area contributed by atoms with E-state index in [-0.39, 0.29) is 17.3 Å². The molecule has 31 heavy (non-hydrogen) atoms. The number of carbonyl (C=O) groups is 1. The Morgan fingerprint density at radius 2 is 1.61 bits per heavy atom. The van der Waals surface area contributed by atoms with Gasteiger partial charge in [0.1, 0.15) is 6.54 Å². The van der Waals surface area contributed by atoms with Crippen LogP contribution in [0.1, 0.15) is 17.5 Å². The molecule has 0 fully saturated rings. The smallest absolute Gasteiger partial charge is 0.264 e.